The van der Waals surface area contributed by atoms with Crippen LogP contribution in [0.15, 0.2) is 47.6 Å². The molecular weight excluding hydrogens is 460 g/mol. The van der Waals surface area contributed by atoms with Gasteiger partial charge in [0, 0.05) is 41.8 Å². The van der Waals surface area contributed by atoms with Crippen molar-refractivity contribution in [2.75, 3.05) is 5.75 Å². The zero-order valence-electron chi connectivity index (χ0n) is 18.2. The third kappa shape index (κ3) is 4.71. The van der Waals surface area contributed by atoms with Gasteiger partial charge in [0.2, 0.25) is 5.16 Å². The first-order valence-electron chi connectivity index (χ1n) is 10.6. The molecule has 0 atom stereocenters. The number of nitro benzene ring substituents is 2. The van der Waals surface area contributed by atoms with E-state index in [1.54, 1.807) is 6.07 Å². The molecule has 4 rings (SSSR count). The van der Waals surface area contributed by atoms with Crippen molar-refractivity contribution in [1.82, 2.24) is 19.7 Å². The minimum absolute atomic E-state index is 0.0333. The number of carbonyl (C=O) groups is 1. The number of rotatable bonds is 10. The lowest BCUT2D eigenvalue weighted by Crippen LogP contribution is -2.05. The molecule has 0 aliphatic carbocycles. The number of nitro groups is 2. The van der Waals surface area contributed by atoms with Crippen LogP contribution in [0.25, 0.3) is 22.1 Å². The molecule has 0 N–H and O–H groups in total. The maximum atomic E-state index is 12.5. The number of fused-ring (bicyclic) bond motifs is 3. The van der Waals surface area contributed by atoms with E-state index in [1.165, 1.54) is 36.4 Å². The van der Waals surface area contributed by atoms with E-state index in [-0.39, 0.29) is 22.9 Å². The van der Waals surface area contributed by atoms with Crippen molar-refractivity contribution >= 4 is 51.0 Å². The van der Waals surface area contributed by atoms with Crippen LogP contribution in [0.3, 0.4) is 0 Å². The molecule has 12 heteroatoms. The Balaban J connectivity index is 1.63. The highest BCUT2D eigenvalue weighted by atomic mass is 32.2. The standard InChI is InChI=1S/C22H20N6O5S/c1-2-3-4-11-26-18-10-9-16(28(32)33)12-17(18)20-21(26)23-22(25-24-20)34-13-19(29)14-5-7-15(8-6-14)27(30)31/h5-10,12H,2-4,11,13H2,1H3. The van der Waals surface area contributed by atoms with Crippen molar-refractivity contribution in [3.05, 3.63) is 68.3 Å². The van der Waals surface area contributed by atoms with Crippen molar-refractivity contribution < 1.29 is 14.6 Å². The Bertz CT molecular complexity index is 1400. The van der Waals surface area contributed by atoms with E-state index in [0.717, 1.165) is 36.5 Å². The van der Waals surface area contributed by atoms with Gasteiger partial charge in [0.05, 0.1) is 21.1 Å². The summed E-state index contributed by atoms with van der Waals surface area (Å²) in [7, 11) is 0. The van der Waals surface area contributed by atoms with Crippen LogP contribution in [-0.4, -0.2) is 41.1 Å². The molecule has 0 aliphatic rings. The molecule has 0 aliphatic heterocycles. The van der Waals surface area contributed by atoms with Gasteiger partial charge >= 0.3 is 0 Å². The van der Waals surface area contributed by atoms with E-state index in [4.69, 9.17) is 0 Å². The molecule has 0 spiro atoms. The summed E-state index contributed by atoms with van der Waals surface area (Å²) in [5.41, 5.74) is 2.07. The monoisotopic (exact) mass is 480 g/mol. The van der Waals surface area contributed by atoms with Crippen LogP contribution in [0.4, 0.5) is 11.4 Å². The summed E-state index contributed by atoms with van der Waals surface area (Å²) in [5.74, 6) is -0.185. The summed E-state index contributed by atoms with van der Waals surface area (Å²) < 4.78 is 1.99. The minimum Gasteiger partial charge on any atom is -0.324 e. The quantitative estimate of drug-likeness (QED) is 0.101. The lowest BCUT2D eigenvalue weighted by atomic mass is 10.1. The molecule has 4 aromatic rings. The average Bonchev–Trinajstić information content (AvgIpc) is 3.15. The molecule has 0 saturated heterocycles. The summed E-state index contributed by atoms with van der Waals surface area (Å²) in [6.45, 7) is 2.78. The zero-order valence-corrected chi connectivity index (χ0v) is 19.0. The molecule has 2 aromatic carbocycles. The maximum absolute atomic E-state index is 12.5. The third-order valence-corrected chi connectivity index (χ3v) is 6.20. The number of benzene rings is 2. The van der Waals surface area contributed by atoms with Crippen LogP contribution in [0.2, 0.25) is 0 Å². The Labute approximate surface area is 197 Å². The Morgan fingerprint density at radius 1 is 1.00 bits per heavy atom. The molecule has 11 nitrogen and oxygen atoms in total. The maximum Gasteiger partial charge on any atom is 0.270 e. The van der Waals surface area contributed by atoms with Crippen LogP contribution >= 0.6 is 11.8 Å². The third-order valence-electron chi connectivity index (χ3n) is 5.36. The van der Waals surface area contributed by atoms with Gasteiger partial charge < -0.3 is 4.57 Å². The number of unbranched alkanes of at least 4 members (excludes halogenated alkanes) is 2. The van der Waals surface area contributed by atoms with Crippen molar-refractivity contribution in [2.45, 2.75) is 37.9 Å². The first-order valence-corrected chi connectivity index (χ1v) is 11.6. The smallest absolute Gasteiger partial charge is 0.270 e. The lowest BCUT2D eigenvalue weighted by molar-refractivity contribution is -0.385. The van der Waals surface area contributed by atoms with Gasteiger partial charge in [-0.1, -0.05) is 31.5 Å². The second-order valence-corrected chi connectivity index (χ2v) is 8.54. The topological polar surface area (TPSA) is 147 Å². The minimum atomic E-state index is -0.522. The SMILES string of the molecule is CCCCCn1c2ccc([N+](=O)[O-])cc2c2nnc(SCC(=O)c3ccc([N+](=O)[O-])cc3)nc21. The van der Waals surface area contributed by atoms with Crippen molar-refractivity contribution in [1.29, 1.82) is 0 Å². The van der Waals surface area contributed by atoms with Crippen LogP contribution in [0.1, 0.15) is 36.5 Å². The highest BCUT2D eigenvalue weighted by Crippen LogP contribution is 2.31. The summed E-state index contributed by atoms with van der Waals surface area (Å²) in [6.07, 6.45) is 2.98. The number of aromatic nitrogens is 4. The molecule has 0 saturated carbocycles. The predicted octanol–water partition coefficient (Wildman–Crippen LogP) is 4.96. The van der Waals surface area contributed by atoms with Gasteiger partial charge in [-0.15, -0.1) is 10.2 Å². The molecule has 0 bridgehead atoms. The fourth-order valence-electron chi connectivity index (χ4n) is 3.63. The number of carbonyl (C=O) groups excluding carboxylic acids is 1. The fourth-order valence-corrected chi connectivity index (χ4v) is 4.31. The van der Waals surface area contributed by atoms with Gasteiger partial charge in [-0.3, -0.25) is 25.0 Å². The molecule has 2 aromatic heterocycles. The van der Waals surface area contributed by atoms with Gasteiger partial charge in [-0.2, -0.15) is 0 Å². The number of hydrogen-bond donors (Lipinski definition) is 0. The summed E-state index contributed by atoms with van der Waals surface area (Å²) in [6, 6.07) is 10.1. The van der Waals surface area contributed by atoms with Crippen molar-refractivity contribution in [2.24, 2.45) is 0 Å². The Kier molecular flexibility index (Phi) is 6.77. The highest BCUT2D eigenvalue weighted by Gasteiger charge is 2.19. The Hall–Kier alpha value is -3.93. The van der Waals surface area contributed by atoms with Gasteiger partial charge in [0.25, 0.3) is 11.4 Å². The van der Waals surface area contributed by atoms with E-state index < -0.39 is 9.85 Å². The molecule has 0 fully saturated rings. The van der Waals surface area contributed by atoms with E-state index in [9.17, 15) is 25.0 Å². The summed E-state index contributed by atoms with van der Waals surface area (Å²) in [4.78, 5) is 38.2. The number of Topliss-reactive ketones (excluding diaryl/α,β-unsaturated/α-hetero) is 1. The number of thioether (sulfide) groups is 1. The Morgan fingerprint density at radius 3 is 2.38 bits per heavy atom. The molecule has 174 valence electrons. The highest BCUT2D eigenvalue weighted by molar-refractivity contribution is 7.99. The van der Waals surface area contributed by atoms with Gasteiger partial charge in [0.15, 0.2) is 11.4 Å². The number of hydrogen-bond acceptors (Lipinski definition) is 9. The van der Waals surface area contributed by atoms with Crippen LogP contribution < -0.4 is 0 Å². The fraction of sp³-hybridized carbons (Fsp3) is 0.273. The molecule has 0 unspecified atom stereocenters. The first-order chi connectivity index (χ1) is 16.4. The summed E-state index contributed by atoms with van der Waals surface area (Å²) >= 11 is 1.11. The molecule has 0 amide bonds. The second-order valence-electron chi connectivity index (χ2n) is 7.60. The van der Waals surface area contributed by atoms with Gasteiger partial charge in [-0.25, -0.2) is 4.98 Å². The molecule has 0 radical (unpaired) electrons. The van der Waals surface area contributed by atoms with E-state index >= 15 is 0 Å². The van der Waals surface area contributed by atoms with Crippen LogP contribution in [-0.2, 0) is 6.54 Å². The van der Waals surface area contributed by atoms with E-state index in [0.29, 0.717) is 33.8 Å². The van der Waals surface area contributed by atoms with Gasteiger partial charge in [-0.05, 0) is 24.6 Å². The van der Waals surface area contributed by atoms with E-state index in [2.05, 4.69) is 22.1 Å². The first kappa shape index (κ1) is 23.2. The average molecular weight is 481 g/mol. The molecule has 2 heterocycles. The Morgan fingerprint density at radius 2 is 1.71 bits per heavy atom. The molecular formula is C22H20N6O5S. The van der Waals surface area contributed by atoms with Crippen LogP contribution in [0, 0.1) is 20.2 Å². The zero-order chi connectivity index (χ0) is 24.2. The normalized spacial score (nSPS) is 11.2. The van der Waals surface area contributed by atoms with E-state index in [1.807, 2.05) is 4.57 Å². The number of ketones is 1. The van der Waals surface area contributed by atoms with Crippen LogP contribution in [0.5, 0.6) is 0 Å². The number of aryl methyl sites for hydroxylation is 1. The number of nitrogens with zero attached hydrogens (tertiary/aromatic N) is 6. The van der Waals surface area contributed by atoms with Crippen molar-refractivity contribution in [3.8, 4) is 0 Å². The second kappa shape index (κ2) is 9.91. The number of non-ortho nitro benzene ring substituents is 2. The lowest BCUT2D eigenvalue weighted by Gasteiger charge is -2.06. The molecule has 34 heavy (non-hydrogen) atoms. The summed E-state index contributed by atoms with van der Waals surface area (Å²) in [5, 5.41) is 31.3. The predicted molar refractivity (Wildman–Crippen MR) is 127 cm³/mol. The van der Waals surface area contributed by atoms with Gasteiger partial charge in [0.1, 0.15) is 5.52 Å². The van der Waals surface area contributed by atoms with Crippen molar-refractivity contribution in [3.63, 3.8) is 0 Å². The largest absolute Gasteiger partial charge is 0.324 e.